The summed E-state index contributed by atoms with van der Waals surface area (Å²) in [6, 6.07) is 13.2. The van der Waals surface area contributed by atoms with Gasteiger partial charge in [-0.25, -0.2) is 14.6 Å². The summed E-state index contributed by atoms with van der Waals surface area (Å²) in [5.74, 6) is -1.42. The monoisotopic (exact) mass is 433 g/mol. The van der Waals surface area contributed by atoms with Crippen LogP contribution >= 0.6 is 0 Å². The van der Waals surface area contributed by atoms with Crippen LogP contribution in [0.15, 0.2) is 59.7 Å². The smallest absolute Gasteiger partial charge is 0.337 e. The van der Waals surface area contributed by atoms with Crippen LogP contribution < -0.4 is 11.3 Å². The third kappa shape index (κ3) is 3.93. The second-order valence-electron chi connectivity index (χ2n) is 7.10. The van der Waals surface area contributed by atoms with Gasteiger partial charge in [0.1, 0.15) is 0 Å². The number of imidazole rings is 1. The first-order valence-corrected chi connectivity index (χ1v) is 9.58. The van der Waals surface area contributed by atoms with Crippen molar-refractivity contribution in [1.82, 2.24) is 19.1 Å². The van der Waals surface area contributed by atoms with E-state index in [1.807, 2.05) is 0 Å². The number of carbonyl (C=O) groups excluding carboxylic acids is 1. The third-order valence-corrected chi connectivity index (χ3v) is 5.04. The number of carbonyl (C=O) groups is 2. The van der Waals surface area contributed by atoms with Crippen molar-refractivity contribution in [3.8, 4) is 0 Å². The lowest BCUT2D eigenvalue weighted by molar-refractivity contribution is 0.0599. The summed E-state index contributed by atoms with van der Waals surface area (Å²) in [6.45, 7) is 0.604. The standard InChI is InChI=1S/C22H19N5O5/c1-32-21(31)16-8-4-14(5-9-16)11-27-18-17(19(28)25-22(27)23)26(12-24-18)10-13-2-6-15(7-3-13)20(29)30/h2-9,12H,10-11H2,1H3,(H,29,30)(H2,23,25,28). The number of rotatable bonds is 6. The molecule has 2 heterocycles. The number of fused-ring (bicyclic) bond motifs is 1. The van der Waals surface area contributed by atoms with Crippen LogP contribution in [0.5, 0.6) is 0 Å². The molecule has 2 aromatic heterocycles. The van der Waals surface area contributed by atoms with Crippen molar-refractivity contribution >= 4 is 29.1 Å². The predicted octanol–water partition coefficient (Wildman–Crippen LogP) is 1.76. The molecule has 0 saturated heterocycles. The molecular formula is C22H19N5O5. The average Bonchev–Trinajstić information content (AvgIpc) is 3.21. The maximum atomic E-state index is 12.6. The van der Waals surface area contributed by atoms with Crippen LogP contribution in [-0.4, -0.2) is 43.3 Å². The van der Waals surface area contributed by atoms with Crippen molar-refractivity contribution in [2.75, 3.05) is 12.8 Å². The highest BCUT2D eigenvalue weighted by Gasteiger charge is 2.16. The number of carboxylic acid groups (broad SMARTS) is 1. The zero-order valence-corrected chi connectivity index (χ0v) is 17.1. The number of aromatic carboxylic acids is 1. The fourth-order valence-electron chi connectivity index (χ4n) is 3.39. The third-order valence-electron chi connectivity index (χ3n) is 5.04. The number of esters is 1. The molecular weight excluding hydrogens is 414 g/mol. The van der Waals surface area contributed by atoms with Crippen molar-refractivity contribution in [3.05, 3.63) is 87.5 Å². The summed E-state index contributed by atoms with van der Waals surface area (Å²) < 4.78 is 7.97. The molecule has 0 amide bonds. The minimum atomic E-state index is -1.01. The Morgan fingerprint density at radius 2 is 1.59 bits per heavy atom. The van der Waals surface area contributed by atoms with Crippen LogP contribution in [0.1, 0.15) is 31.8 Å². The van der Waals surface area contributed by atoms with Gasteiger partial charge in [-0.3, -0.25) is 9.36 Å². The van der Waals surface area contributed by atoms with E-state index in [-0.39, 0.29) is 17.0 Å². The highest BCUT2D eigenvalue weighted by molar-refractivity contribution is 5.89. The van der Waals surface area contributed by atoms with Gasteiger partial charge < -0.3 is 20.1 Å². The Morgan fingerprint density at radius 1 is 1.00 bits per heavy atom. The largest absolute Gasteiger partial charge is 0.478 e. The minimum Gasteiger partial charge on any atom is -0.478 e. The quantitative estimate of drug-likeness (QED) is 0.438. The molecule has 0 atom stereocenters. The van der Waals surface area contributed by atoms with E-state index in [1.54, 1.807) is 45.5 Å². The maximum absolute atomic E-state index is 12.6. The number of hydrogen-bond acceptors (Lipinski definition) is 7. The van der Waals surface area contributed by atoms with E-state index >= 15 is 0 Å². The molecule has 3 N–H and O–H groups in total. The van der Waals surface area contributed by atoms with Gasteiger partial charge in [0.2, 0.25) is 5.95 Å². The number of methoxy groups -OCH3 is 1. The molecule has 0 aliphatic heterocycles. The van der Waals surface area contributed by atoms with E-state index < -0.39 is 17.5 Å². The molecule has 0 aliphatic rings. The van der Waals surface area contributed by atoms with Crippen molar-refractivity contribution in [2.24, 2.45) is 0 Å². The topological polar surface area (TPSA) is 142 Å². The van der Waals surface area contributed by atoms with Gasteiger partial charge in [-0.15, -0.1) is 0 Å². The number of aromatic nitrogens is 4. The fourth-order valence-corrected chi connectivity index (χ4v) is 3.39. The second-order valence-corrected chi connectivity index (χ2v) is 7.10. The lowest BCUT2D eigenvalue weighted by atomic mass is 10.1. The zero-order chi connectivity index (χ0) is 22.8. The number of carboxylic acids is 1. The van der Waals surface area contributed by atoms with Crippen LogP contribution in [0.25, 0.3) is 11.2 Å². The summed E-state index contributed by atoms with van der Waals surface area (Å²) in [7, 11) is 1.32. The summed E-state index contributed by atoms with van der Waals surface area (Å²) in [6.07, 6.45) is 1.52. The van der Waals surface area contributed by atoms with Crippen LogP contribution in [0, 0.1) is 0 Å². The van der Waals surface area contributed by atoms with E-state index in [0.29, 0.717) is 24.3 Å². The van der Waals surface area contributed by atoms with Crippen LogP contribution in [0.4, 0.5) is 5.95 Å². The average molecular weight is 433 g/mol. The molecule has 4 aromatic rings. The number of anilines is 1. The summed E-state index contributed by atoms with van der Waals surface area (Å²) in [5, 5.41) is 9.04. The molecule has 0 saturated carbocycles. The summed E-state index contributed by atoms with van der Waals surface area (Å²) in [5.41, 5.74) is 8.40. The van der Waals surface area contributed by atoms with Gasteiger partial charge in [0, 0.05) is 6.54 Å². The minimum absolute atomic E-state index is 0.0237. The normalized spacial score (nSPS) is 10.9. The Balaban J connectivity index is 1.67. The van der Waals surface area contributed by atoms with Crippen LogP contribution in [-0.2, 0) is 17.8 Å². The number of nitrogens with two attached hydrogens (primary N) is 1. The van der Waals surface area contributed by atoms with E-state index in [2.05, 4.69) is 9.97 Å². The van der Waals surface area contributed by atoms with E-state index in [0.717, 1.165) is 11.1 Å². The van der Waals surface area contributed by atoms with Gasteiger partial charge >= 0.3 is 17.5 Å². The van der Waals surface area contributed by atoms with Gasteiger partial charge in [0.15, 0.2) is 11.2 Å². The molecule has 0 aliphatic carbocycles. The number of benzene rings is 2. The molecule has 2 aromatic carbocycles. The molecule has 10 nitrogen and oxygen atoms in total. The van der Waals surface area contributed by atoms with Gasteiger partial charge in [-0.05, 0) is 35.4 Å². The van der Waals surface area contributed by atoms with E-state index in [9.17, 15) is 14.4 Å². The molecule has 0 spiro atoms. The van der Waals surface area contributed by atoms with Crippen molar-refractivity contribution in [1.29, 1.82) is 0 Å². The highest BCUT2D eigenvalue weighted by atomic mass is 16.5. The summed E-state index contributed by atoms with van der Waals surface area (Å²) in [4.78, 5) is 43.5. The van der Waals surface area contributed by atoms with Crippen molar-refractivity contribution < 1.29 is 19.4 Å². The number of ether oxygens (including phenoxy) is 1. The van der Waals surface area contributed by atoms with Gasteiger partial charge in [-0.1, -0.05) is 24.3 Å². The molecule has 32 heavy (non-hydrogen) atoms. The Bertz CT molecular complexity index is 1370. The lowest BCUT2D eigenvalue weighted by Crippen LogP contribution is -2.20. The zero-order valence-electron chi connectivity index (χ0n) is 17.1. The number of nitrogens with zero attached hydrogens (tertiary/aromatic N) is 4. The molecule has 0 fully saturated rings. The van der Waals surface area contributed by atoms with E-state index in [4.69, 9.17) is 15.6 Å². The highest BCUT2D eigenvalue weighted by Crippen LogP contribution is 2.17. The number of hydrogen-bond donors (Lipinski definition) is 2. The Kier molecular flexibility index (Phi) is 5.42. The second kappa shape index (κ2) is 8.34. The molecule has 0 bridgehead atoms. The molecule has 0 unspecified atom stereocenters. The first-order valence-electron chi connectivity index (χ1n) is 9.58. The van der Waals surface area contributed by atoms with Gasteiger partial charge in [0.25, 0.3) is 0 Å². The Labute approximate surface area is 181 Å². The van der Waals surface area contributed by atoms with Crippen molar-refractivity contribution in [3.63, 3.8) is 0 Å². The van der Waals surface area contributed by atoms with E-state index in [1.165, 1.54) is 25.6 Å². The summed E-state index contributed by atoms with van der Waals surface area (Å²) >= 11 is 0. The molecule has 4 rings (SSSR count). The Morgan fingerprint density at radius 3 is 2.19 bits per heavy atom. The SMILES string of the molecule is COC(=O)c1ccc(Cn2c(N)nc(=O)c3c2ncn3Cc2ccc(C(=O)O)cc2)cc1. The number of nitrogen functional groups attached to an aromatic ring is 1. The van der Waals surface area contributed by atoms with Crippen LogP contribution in [0.2, 0.25) is 0 Å². The molecule has 162 valence electrons. The fraction of sp³-hybridized carbons (Fsp3) is 0.136. The first kappa shape index (κ1) is 20.8. The lowest BCUT2D eigenvalue weighted by Gasteiger charge is -2.11. The van der Waals surface area contributed by atoms with Crippen LogP contribution in [0.3, 0.4) is 0 Å². The first-order chi connectivity index (χ1) is 15.4. The van der Waals surface area contributed by atoms with Gasteiger partial charge in [-0.2, -0.15) is 4.98 Å². The molecule has 10 heteroatoms. The predicted molar refractivity (Wildman–Crippen MR) is 116 cm³/mol. The van der Waals surface area contributed by atoms with Gasteiger partial charge in [0.05, 0.1) is 31.1 Å². The Hall–Kier alpha value is -4.47. The maximum Gasteiger partial charge on any atom is 0.337 e. The molecule has 0 radical (unpaired) electrons. The van der Waals surface area contributed by atoms with Crippen molar-refractivity contribution in [2.45, 2.75) is 13.1 Å².